The van der Waals surface area contributed by atoms with Crippen LogP contribution in [0.3, 0.4) is 0 Å². The van der Waals surface area contributed by atoms with Gasteiger partial charge in [0.25, 0.3) is 0 Å². The highest BCUT2D eigenvalue weighted by molar-refractivity contribution is 7.80. The molecule has 0 spiro atoms. The Morgan fingerprint density at radius 3 is 2.50 bits per heavy atom. The Bertz CT molecular complexity index is 1070. The molecule has 7 nitrogen and oxygen atoms in total. The maximum atomic E-state index is 5.90. The standard InChI is InChI=1S/C24H29N5O2S/c1-17(2)31-22-14-20-19(13-21(22)30-3)23(27-16-26-20)28-9-11-29(12-10-28)24(32)25-15-18-7-5-4-6-8-18/h4-8,13-14,16-17H,9-12,15H2,1-3H3,(H,25,32). The van der Waals surface area contributed by atoms with Crippen molar-refractivity contribution >= 4 is 34.1 Å². The van der Waals surface area contributed by atoms with Crippen LogP contribution in [-0.4, -0.2) is 59.4 Å². The molecule has 0 saturated carbocycles. The van der Waals surface area contributed by atoms with Gasteiger partial charge in [-0.3, -0.25) is 0 Å². The number of thiocarbonyl (C=S) groups is 1. The molecule has 0 radical (unpaired) electrons. The molecule has 0 bridgehead atoms. The van der Waals surface area contributed by atoms with Gasteiger partial charge in [-0.15, -0.1) is 0 Å². The second-order valence-electron chi connectivity index (χ2n) is 8.00. The number of nitrogens with zero attached hydrogens (tertiary/aromatic N) is 4. The quantitative estimate of drug-likeness (QED) is 0.570. The van der Waals surface area contributed by atoms with Crippen LogP contribution in [0.1, 0.15) is 19.4 Å². The number of methoxy groups -OCH3 is 1. The number of ether oxygens (including phenoxy) is 2. The van der Waals surface area contributed by atoms with Gasteiger partial charge in [0, 0.05) is 44.2 Å². The molecule has 1 saturated heterocycles. The number of anilines is 1. The highest BCUT2D eigenvalue weighted by Crippen LogP contribution is 2.35. The van der Waals surface area contributed by atoms with Gasteiger partial charge in [0.1, 0.15) is 12.1 Å². The second-order valence-corrected chi connectivity index (χ2v) is 8.39. The Kier molecular flexibility index (Phi) is 6.90. The van der Waals surface area contributed by atoms with Gasteiger partial charge < -0.3 is 24.6 Å². The molecule has 2 aromatic carbocycles. The van der Waals surface area contributed by atoms with E-state index in [0.29, 0.717) is 11.5 Å². The Balaban J connectivity index is 1.44. The van der Waals surface area contributed by atoms with Crippen molar-refractivity contribution in [3.8, 4) is 11.5 Å². The summed E-state index contributed by atoms with van der Waals surface area (Å²) in [7, 11) is 1.65. The number of nitrogens with one attached hydrogen (secondary N) is 1. The summed E-state index contributed by atoms with van der Waals surface area (Å²) >= 11 is 5.63. The molecule has 0 unspecified atom stereocenters. The van der Waals surface area contributed by atoms with Gasteiger partial charge in [-0.25, -0.2) is 9.97 Å². The summed E-state index contributed by atoms with van der Waals surface area (Å²) in [5, 5.41) is 5.12. The van der Waals surface area contributed by atoms with Crippen molar-refractivity contribution in [2.75, 3.05) is 38.2 Å². The Hall–Kier alpha value is -3.13. The lowest BCUT2D eigenvalue weighted by Gasteiger charge is -2.37. The molecule has 1 aliphatic rings. The molecule has 1 aromatic heterocycles. The van der Waals surface area contributed by atoms with E-state index in [4.69, 9.17) is 21.7 Å². The summed E-state index contributed by atoms with van der Waals surface area (Å²) < 4.78 is 11.5. The molecule has 0 amide bonds. The fraction of sp³-hybridized carbons (Fsp3) is 0.375. The Labute approximate surface area is 194 Å². The van der Waals surface area contributed by atoms with E-state index in [1.165, 1.54) is 5.56 Å². The number of aromatic nitrogens is 2. The molecule has 3 aromatic rings. The zero-order chi connectivity index (χ0) is 22.5. The average molecular weight is 452 g/mol. The van der Waals surface area contributed by atoms with E-state index >= 15 is 0 Å². The van der Waals surface area contributed by atoms with Crippen LogP contribution in [0.25, 0.3) is 10.9 Å². The predicted molar refractivity (Wildman–Crippen MR) is 132 cm³/mol. The van der Waals surface area contributed by atoms with Gasteiger partial charge in [-0.1, -0.05) is 30.3 Å². The van der Waals surface area contributed by atoms with E-state index in [2.05, 4.69) is 37.2 Å². The average Bonchev–Trinajstić information content (AvgIpc) is 2.82. The number of hydrogen-bond acceptors (Lipinski definition) is 6. The van der Waals surface area contributed by atoms with Crippen LogP contribution in [-0.2, 0) is 6.54 Å². The van der Waals surface area contributed by atoms with Crippen LogP contribution >= 0.6 is 12.2 Å². The summed E-state index contributed by atoms with van der Waals surface area (Å²) in [4.78, 5) is 13.6. The van der Waals surface area contributed by atoms with Crippen molar-refractivity contribution < 1.29 is 9.47 Å². The number of benzene rings is 2. The highest BCUT2D eigenvalue weighted by atomic mass is 32.1. The van der Waals surface area contributed by atoms with Crippen molar-refractivity contribution in [2.24, 2.45) is 0 Å². The molecular weight excluding hydrogens is 422 g/mol. The molecule has 0 atom stereocenters. The Morgan fingerprint density at radius 2 is 1.81 bits per heavy atom. The second kappa shape index (κ2) is 9.99. The smallest absolute Gasteiger partial charge is 0.169 e. The first-order valence-electron chi connectivity index (χ1n) is 10.9. The van der Waals surface area contributed by atoms with E-state index in [-0.39, 0.29) is 6.10 Å². The van der Waals surface area contributed by atoms with Crippen LogP contribution in [0.5, 0.6) is 11.5 Å². The summed E-state index contributed by atoms with van der Waals surface area (Å²) in [6.45, 7) is 8.03. The summed E-state index contributed by atoms with van der Waals surface area (Å²) in [5.74, 6) is 2.29. The largest absolute Gasteiger partial charge is 0.493 e. The molecule has 1 fully saturated rings. The minimum absolute atomic E-state index is 0.0510. The molecule has 32 heavy (non-hydrogen) atoms. The van der Waals surface area contributed by atoms with Gasteiger partial charge in [-0.2, -0.15) is 0 Å². The van der Waals surface area contributed by atoms with Gasteiger partial charge in [0.15, 0.2) is 16.6 Å². The lowest BCUT2D eigenvalue weighted by molar-refractivity contribution is 0.230. The number of rotatable bonds is 6. The number of piperazine rings is 1. The van der Waals surface area contributed by atoms with Crippen LogP contribution < -0.4 is 19.7 Å². The fourth-order valence-electron chi connectivity index (χ4n) is 3.81. The van der Waals surface area contributed by atoms with Gasteiger partial charge in [-0.05, 0) is 37.7 Å². The van der Waals surface area contributed by atoms with E-state index < -0.39 is 0 Å². The molecule has 8 heteroatoms. The van der Waals surface area contributed by atoms with E-state index in [9.17, 15) is 0 Å². The van der Waals surface area contributed by atoms with Crippen molar-refractivity contribution in [1.29, 1.82) is 0 Å². The lowest BCUT2D eigenvalue weighted by atomic mass is 10.2. The van der Waals surface area contributed by atoms with Crippen LogP contribution in [0.2, 0.25) is 0 Å². The van der Waals surface area contributed by atoms with E-state index in [1.807, 2.05) is 44.2 Å². The first-order chi connectivity index (χ1) is 15.5. The zero-order valence-electron chi connectivity index (χ0n) is 18.7. The van der Waals surface area contributed by atoms with Gasteiger partial charge in [0.2, 0.25) is 0 Å². The number of hydrogen-bond donors (Lipinski definition) is 1. The molecule has 1 N–H and O–H groups in total. The fourth-order valence-corrected chi connectivity index (χ4v) is 4.07. The lowest BCUT2D eigenvalue weighted by Crippen LogP contribution is -2.51. The first-order valence-corrected chi connectivity index (χ1v) is 11.3. The highest BCUT2D eigenvalue weighted by Gasteiger charge is 2.22. The van der Waals surface area contributed by atoms with Crippen LogP contribution in [0.4, 0.5) is 5.82 Å². The third-order valence-electron chi connectivity index (χ3n) is 5.42. The minimum atomic E-state index is 0.0510. The first kappa shape index (κ1) is 22.1. The van der Waals surface area contributed by atoms with E-state index in [0.717, 1.165) is 54.6 Å². The zero-order valence-corrected chi connectivity index (χ0v) is 19.6. The van der Waals surface area contributed by atoms with Crippen LogP contribution in [0, 0.1) is 0 Å². The van der Waals surface area contributed by atoms with Crippen molar-refractivity contribution in [2.45, 2.75) is 26.5 Å². The molecule has 4 rings (SSSR count). The maximum absolute atomic E-state index is 5.90. The Morgan fingerprint density at radius 1 is 1.06 bits per heavy atom. The van der Waals surface area contributed by atoms with Gasteiger partial charge in [0.05, 0.1) is 18.7 Å². The SMILES string of the molecule is COc1cc2c(N3CCN(C(=S)NCc4ccccc4)CC3)ncnc2cc1OC(C)C. The topological polar surface area (TPSA) is 62.8 Å². The normalized spacial score (nSPS) is 14.0. The molecule has 2 heterocycles. The van der Waals surface area contributed by atoms with Crippen molar-refractivity contribution in [3.63, 3.8) is 0 Å². The summed E-state index contributed by atoms with van der Waals surface area (Å²) in [6, 6.07) is 14.2. The minimum Gasteiger partial charge on any atom is -0.493 e. The van der Waals surface area contributed by atoms with Crippen LogP contribution in [0.15, 0.2) is 48.8 Å². The molecule has 168 valence electrons. The van der Waals surface area contributed by atoms with Crippen molar-refractivity contribution in [1.82, 2.24) is 20.2 Å². The molecule has 0 aliphatic carbocycles. The van der Waals surface area contributed by atoms with E-state index in [1.54, 1.807) is 13.4 Å². The third-order valence-corrected chi connectivity index (χ3v) is 5.82. The summed E-state index contributed by atoms with van der Waals surface area (Å²) in [5.41, 5.74) is 2.06. The predicted octanol–water partition coefficient (Wildman–Crippen LogP) is 3.62. The monoisotopic (exact) mass is 451 g/mol. The maximum Gasteiger partial charge on any atom is 0.169 e. The van der Waals surface area contributed by atoms with Crippen molar-refractivity contribution in [3.05, 3.63) is 54.4 Å². The molecular formula is C24H29N5O2S. The third kappa shape index (κ3) is 5.02. The van der Waals surface area contributed by atoms with Gasteiger partial charge >= 0.3 is 0 Å². The summed E-state index contributed by atoms with van der Waals surface area (Å²) in [6.07, 6.45) is 1.66. The molecule has 1 aliphatic heterocycles. The number of fused-ring (bicyclic) bond motifs is 1.